The van der Waals surface area contributed by atoms with E-state index >= 15 is 0 Å². The summed E-state index contributed by atoms with van der Waals surface area (Å²) in [4.78, 5) is 18.0. The highest BCUT2D eigenvalue weighted by molar-refractivity contribution is 7.89. The number of aromatic nitrogens is 2. The molecule has 1 atom stereocenters. The Labute approximate surface area is 136 Å². The molecule has 120 valence electrons. The lowest BCUT2D eigenvalue weighted by molar-refractivity contribution is -0.127. The second-order valence-corrected chi connectivity index (χ2v) is 7.99. The summed E-state index contributed by atoms with van der Waals surface area (Å²) >= 11 is 7.27. The number of amides is 1. The number of carbonyl (C=O) groups is 1. The second kappa shape index (κ2) is 5.80. The summed E-state index contributed by atoms with van der Waals surface area (Å²) in [7, 11) is -3.84. The lowest BCUT2D eigenvalue weighted by Gasteiger charge is -2.16. The van der Waals surface area contributed by atoms with Gasteiger partial charge in [0.2, 0.25) is 5.91 Å². The Bertz CT molecular complexity index is 814. The molecule has 1 aliphatic rings. The number of fused-ring (bicyclic) bond motifs is 1. The number of nitrogens with zero attached hydrogens (tertiary/aromatic N) is 3. The van der Waals surface area contributed by atoms with Crippen LogP contribution >= 0.6 is 22.9 Å². The average molecular weight is 363 g/mol. The van der Waals surface area contributed by atoms with E-state index in [9.17, 15) is 13.2 Å². The van der Waals surface area contributed by atoms with E-state index in [0.717, 1.165) is 6.42 Å². The Hall–Kier alpha value is -1.16. The highest BCUT2D eigenvalue weighted by atomic mass is 35.5. The molecular weight excluding hydrogens is 348 g/mol. The minimum absolute atomic E-state index is 0.0328. The molecule has 10 heteroatoms. The van der Waals surface area contributed by atoms with Gasteiger partial charge in [-0.05, 0) is 6.42 Å². The van der Waals surface area contributed by atoms with Gasteiger partial charge in [-0.15, -0.1) is 11.3 Å². The SMILES string of the molecule is CCCN1C[C@@H](NS(=O)(=O)c2c(Cl)nc3sccn23)CC1=O. The van der Waals surface area contributed by atoms with Crippen LogP contribution in [0.4, 0.5) is 0 Å². The zero-order chi connectivity index (χ0) is 15.9. The maximum atomic E-state index is 12.6. The molecule has 7 nitrogen and oxygen atoms in total. The van der Waals surface area contributed by atoms with Crippen LogP contribution in [0.25, 0.3) is 4.96 Å². The number of imidazole rings is 1. The van der Waals surface area contributed by atoms with Gasteiger partial charge in [0, 0.05) is 37.1 Å². The topological polar surface area (TPSA) is 83.8 Å². The van der Waals surface area contributed by atoms with Crippen LogP contribution in [0.3, 0.4) is 0 Å². The van der Waals surface area contributed by atoms with Gasteiger partial charge in [0.25, 0.3) is 10.0 Å². The fourth-order valence-electron chi connectivity index (χ4n) is 2.59. The predicted molar refractivity (Wildman–Crippen MR) is 83.7 cm³/mol. The van der Waals surface area contributed by atoms with Crippen molar-refractivity contribution in [1.82, 2.24) is 19.0 Å². The summed E-state index contributed by atoms with van der Waals surface area (Å²) in [5.74, 6) is -0.0328. The van der Waals surface area contributed by atoms with Gasteiger partial charge in [-0.3, -0.25) is 9.20 Å². The Morgan fingerprint density at radius 1 is 1.55 bits per heavy atom. The average Bonchev–Trinajstić information content (AvgIpc) is 3.04. The van der Waals surface area contributed by atoms with Crippen LogP contribution in [0.15, 0.2) is 16.6 Å². The lowest BCUT2D eigenvalue weighted by atomic mass is 10.3. The maximum Gasteiger partial charge on any atom is 0.260 e. The van der Waals surface area contributed by atoms with Gasteiger partial charge in [-0.1, -0.05) is 18.5 Å². The fourth-order valence-corrected chi connectivity index (χ4v) is 5.27. The lowest BCUT2D eigenvalue weighted by Crippen LogP contribution is -2.37. The van der Waals surface area contributed by atoms with Crippen molar-refractivity contribution in [1.29, 1.82) is 0 Å². The Morgan fingerprint density at radius 3 is 3.05 bits per heavy atom. The van der Waals surface area contributed by atoms with Crippen LogP contribution in [-0.4, -0.2) is 47.7 Å². The molecule has 0 saturated carbocycles. The minimum atomic E-state index is -3.84. The molecule has 1 N–H and O–H groups in total. The van der Waals surface area contributed by atoms with Gasteiger partial charge in [-0.2, -0.15) is 0 Å². The first-order valence-corrected chi connectivity index (χ1v) is 9.57. The Kier molecular flexibility index (Phi) is 4.15. The van der Waals surface area contributed by atoms with Gasteiger partial charge >= 0.3 is 0 Å². The van der Waals surface area contributed by atoms with Crippen molar-refractivity contribution in [3.63, 3.8) is 0 Å². The first-order chi connectivity index (χ1) is 10.4. The van der Waals surface area contributed by atoms with Crippen molar-refractivity contribution in [2.24, 2.45) is 0 Å². The van der Waals surface area contributed by atoms with E-state index in [2.05, 4.69) is 9.71 Å². The van der Waals surface area contributed by atoms with Crippen molar-refractivity contribution in [3.8, 4) is 0 Å². The molecule has 1 amide bonds. The molecule has 1 aliphatic heterocycles. The van der Waals surface area contributed by atoms with Crippen LogP contribution in [0, 0.1) is 0 Å². The maximum absolute atomic E-state index is 12.6. The van der Waals surface area contributed by atoms with Crippen LogP contribution in [0.1, 0.15) is 19.8 Å². The normalized spacial score (nSPS) is 19.5. The first-order valence-electron chi connectivity index (χ1n) is 6.83. The van der Waals surface area contributed by atoms with Crippen molar-refractivity contribution in [2.75, 3.05) is 13.1 Å². The number of carbonyl (C=O) groups excluding carboxylic acids is 1. The third kappa shape index (κ3) is 2.73. The number of likely N-dealkylation sites (tertiary alicyclic amines) is 1. The standard InChI is InChI=1S/C12H15ClN4O3S2/c1-2-3-16-7-8(6-9(16)18)15-22(19,20)11-10(13)14-12-17(11)4-5-21-12/h4-5,8,15H,2-3,6-7H2,1H3/t8-/m0/s1. The van der Waals surface area contributed by atoms with Crippen molar-refractivity contribution in [3.05, 3.63) is 16.7 Å². The molecule has 1 fully saturated rings. The summed E-state index contributed by atoms with van der Waals surface area (Å²) in [5.41, 5.74) is 0. The molecule has 0 radical (unpaired) electrons. The smallest absolute Gasteiger partial charge is 0.260 e. The number of thiazole rings is 1. The van der Waals surface area contributed by atoms with Gasteiger partial charge in [0.15, 0.2) is 15.1 Å². The van der Waals surface area contributed by atoms with Crippen LogP contribution in [0.5, 0.6) is 0 Å². The Morgan fingerprint density at radius 2 is 2.32 bits per heavy atom. The van der Waals surface area contributed by atoms with Gasteiger partial charge in [-0.25, -0.2) is 18.1 Å². The summed E-state index contributed by atoms with van der Waals surface area (Å²) in [6, 6.07) is -0.440. The first kappa shape index (κ1) is 15.7. The fraction of sp³-hybridized carbons (Fsp3) is 0.500. The number of nitrogens with one attached hydrogen (secondary N) is 1. The zero-order valence-electron chi connectivity index (χ0n) is 11.8. The number of sulfonamides is 1. The number of halogens is 1. The molecule has 22 heavy (non-hydrogen) atoms. The highest BCUT2D eigenvalue weighted by Gasteiger charge is 2.34. The van der Waals surface area contributed by atoms with Gasteiger partial charge in [0.05, 0.1) is 0 Å². The summed E-state index contributed by atoms with van der Waals surface area (Å²) in [5, 5.41) is 1.60. The van der Waals surface area contributed by atoms with Crippen LogP contribution in [-0.2, 0) is 14.8 Å². The third-order valence-electron chi connectivity index (χ3n) is 3.46. The van der Waals surface area contributed by atoms with E-state index in [1.807, 2.05) is 6.92 Å². The molecule has 2 aromatic heterocycles. The molecule has 1 saturated heterocycles. The minimum Gasteiger partial charge on any atom is -0.341 e. The van der Waals surface area contributed by atoms with Crippen molar-refractivity contribution < 1.29 is 13.2 Å². The summed E-state index contributed by atoms with van der Waals surface area (Å²) in [6.45, 7) is 3.00. The van der Waals surface area contributed by atoms with E-state index in [-0.39, 0.29) is 22.5 Å². The third-order valence-corrected chi connectivity index (χ3v) is 6.14. The van der Waals surface area contributed by atoms with E-state index in [1.165, 1.54) is 15.7 Å². The van der Waals surface area contributed by atoms with Gasteiger partial charge < -0.3 is 4.90 Å². The number of hydrogen-bond donors (Lipinski definition) is 1. The van der Waals surface area contributed by atoms with Crippen LogP contribution < -0.4 is 4.72 Å². The van der Waals surface area contributed by atoms with E-state index < -0.39 is 16.1 Å². The number of rotatable bonds is 5. The number of hydrogen-bond acceptors (Lipinski definition) is 5. The zero-order valence-corrected chi connectivity index (χ0v) is 14.2. The van der Waals surface area contributed by atoms with Crippen molar-refractivity contribution in [2.45, 2.75) is 30.8 Å². The summed E-state index contributed by atoms with van der Waals surface area (Å²) in [6.07, 6.45) is 2.62. The molecular formula is C12H15ClN4O3S2. The Balaban J connectivity index is 1.84. The molecule has 0 spiro atoms. The second-order valence-electron chi connectivity index (χ2n) is 5.13. The van der Waals surface area contributed by atoms with E-state index in [0.29, 0.717) is 18.1 Å². The molecule has 0 bridgehead atoms. The molecule has 0 aliphatic carbocycles. The van der Waals surface area contributed by atoms with Crippen molar-refractivity contribution >= 4 is 43.8 Å². The predicted octanol–water partition coefficient (Wildman–Crippen LogP) is 1.34. The molecule has 3 rings (SSSR count). The van der Waals surface area contributed by atoms with Gasteiger partial charge in [0.1, 0.15) is 0 Å². The quantitative estimate of drug-likeness (QED) is 0.869. The molecule has 0 aromatic carbocycles. The summed E-state index contributed by atoms with van der Waals surface area (Å²) < 4.78 is 29.2. The highest BCUT2D eigenvalue weighted by Crippen LogP contribution is 2.26. The van der Waals surface area contributed by atoms with E-state index in [1.54, 1.807) is 16.5 Å². The molecule has 0 unspecified atom stereocenters. The molecule has 2 aromatic rings. The largest absolute Gasteiger partial charge is 0.341 e. The monoisotopic (exact) mass is 362 g/mol. The molecule has 3 heterocycles. The van der Waals surface area contributed by atoms with Crippen LogP contribution in [0.2, 0.25) is 5.15 Å². The van der Waals surface area contributed by atoms with E-state index in [4.69, 9.17) is 11.6 Å².